The largest absolute Gasteiger partial charge is 0.465 e. The van der Waals surface area contributed by atoms with E-state index in [0.717, 1.165) is 35.1 Å². The van der Waals surface area contributed by atoms with Gasteiger partial charge in [-0.2, -0.15) is 0 Å². The first kappa shape index (κ1) is 17.2. The number of carbonyl (C=O) groups is 1. The minimum absolute atomic E-state index is 0.303. The van der Waals surface area contributed by atoms with Gasteiger partial charge in [-0.3, -0.25) is 9.88 Å². The molecule has 134 valence electrons. The van der Waals surface area contributed by atoms with Crippen LogP contribution in [0.1, 0.15) is 45.4 Å². The van der Waals surface area contributed by atoms with Gasteiger partial charge in [0.1, 0.15) is 0 Å². The number of aromatic nitrogens is 1. The van der Waals surface area contributed by atoms with E-state index < -0.39 is 0 Å². The molecule has 0 aliphatic carbocycles. The monoisotopic (exact) mass is 366 g/mol. The molecule has 4 nitrogen and oxygen atoms in total. The topological polar surface area (TPSA) is 42.4 Å². The van der Waals surface area contributed by atoms with Crippen LogP contribution in [0.5, 0.6) is 0 Å². The Balaban J connectivity index is 1.76. The number of methoxy groups -OCH3 is 1. The van der Waals surface area contributed by atoms with Crippen LogP contribution in [0.4, 0.5) is 0 Å². The summed E-state index contributed by atoms with van der Waals surface area (Å²) in [5.41, 5.74) is 3.31. The standard InChI is InChI=1S/C21H22N2O2S/c1-14-15-7-3-4-8-16(15)22-17(20(14)21(24)25-2)13-23-11-5-9-18(23)19-10-6-12-26-19/h3-4,6-8,10,12,18H,5,9,11,13H2,1-2H3/t18-/m1/s1. The van der Waals surface area contributed by atoms with Crippen molar-refractivity contribution in [1.82, 2.24) is 9.88 Å². The van der Waals surface area contributed by atoms with Crippen molar-refractivity contribution >= 4 is 28.2 Å². The van der Waals surface area contributed by atoms with Gasteiger partial charge in [0.2, 0.25) is 0 Å². The number of hydrogen-bond donors (Lipinski definition) is 0. The van der Waals surface area contributed by atoms with Crippen molar-refractivity contribution in [3.63, 3.8) is 0 Å². The van der Waals surface area contributed by atoms with Gasteiger partial charge < -0.3 is 4.74 Å². The molecule has 1 aromatic carbocycles. The van der Waals surface area contributed by atoms with Crippen LogP contribution in [-0.2, 0) is 11.3 Å². The Morgan fingerprint density at radius 2 is 2.15 bits per heavy atom. The fourth-order valence-electron chi connectivity index (χ4n) is 3.94. The summed E-state index contributed by atoms with van der Waals surface area (Å²) in [5, 5.41) is 3.14. The molecule has 1 atom stereocenters. The quantitative estimate of drug-likeness (QED) is 0.626. The number of pyridine rings is 1. The summed E-state index contributed by atoms with van der Waals surface area (Å²) in [4.78, 5) is 21.2. The molecule has 0 radical (unpaired) electrons. The van der Waals surface area contributed by atoms with Crippen LogP contribution in [0.3, 0.4) is 0 Å². The predicted molar refractivity (Wildman–Crippen MR) is 105 cm³/mol. The zero-order valence-electron chi connectivity index (χ0n) is 15.1. The zero-order chi connectivity index (χ0) is 18.1. The first-order chi connectivity index (χ1) is 12.7. The third-order valence-corrected chi connectivity index (χ3v) is 6.18. The summed E-state index contributed by atoms with van der Waals surface area (Å²) < 4.78 is 5.07. The molecule has 0 bridgehead atoms. The van der Waals surface area contributed by atoms with Crippen molar-refractivity contribution in [2.75, 3.05) is 13.7 Å². The maximum Gasteiger partial charge on any atom is 0.340 e. The van der Waals surface area contributed by atoms with E-state index in [-0.39, 0.29) is 5.97 Å². The molecule has 3 heterocycles. The number of nitrogens with zero attached hydrogens (tertiary/aromatic N) is 2. The molecule has 1 aliphatic rings. The van der Waals surface area contributed by atoms with E-state index >= 15 is 0 Å². The SMILES string of the molecule is COC(=O)c1c(CN2CCC[C@@H]2c2cccs2)nc2ccccc2c1C. The molecule has 1 aliphatic heterocycles. The number of thiophene rings is 1. The molecule has 0 amide bonds. The Kier molecular flexibility index (Phi) is 4.74. The molecule has 0 saturated carbocycles. The van der Waals surface area contributed by atoms with Crippen molar-refractivity contribution in [3.8, 4) is 0 Å². The Morgan fingerprint density at radius 3 is 2.92 bits per heavy atom. The second-order valence-corrected chi connectivity index (χ2v) is 7.69. The van der Waals surface area contributed by atoms with Crippen molar-refractivity contribution in [2.24, 2.45) is 0 Å². The van der Waals surface area contributed by atoms with Gasteiger partial charge in [-0.15, -0.1) is 11.3 Å². The number of aryl methyl sites for hydroxylation is 1. The summed E-state index contributed by atoms with van der Waals surface area (Å²) >= 11 is 1.80. The maximum absolute atomic E-state index is 12.5. The Labute approximate surface area is 157 Å². The minimum atomic E-state index is -0.303. The maximum atomic E-state index is 12.5. The molecule has 1 saturated heterocycles. The number of para-hydroxylation sites is 1. The van der Waals surface area contributed by atoms with Gasteiger partial charge in [0.05, 0.1) is 23.9 Å². The van der Waals surface area contributed by atoms with Crippen molar-refractivity contribution in [1.29, 1.82) is 0 Å². The second kappa shape index (κ2) is 7.17. The number of rotatable bonds is 4. The van der Waals surface area contributed by atoms with Gasteiger partial charge >= 0.3 is 5.97 Å². The number of likely N-dealkylation sites (tertiary alicyclic amines) is 1. The number of benzene rings is 1. The Bertz CT molecular complexity index is 937. The van der Waals surface area contributed by atoms with E-state index in [1.807, 2.05) is 31.2 Å². The smallest absolute Gasteiger partial charge is 0.340 e. The van der Waals surface area contributed by atoms with Gasteiger partial charge in [-0.1, -0.05) is 24.3 Å². The van der Waals surface area contributed by atoms with Crippen LogP contribution >= 0.6 is 11.3 Å². The fourth-order valence-corrected chi connectivity index (χ4v) is 4.83. The highest BCUT2D eigenvalue weighted by Gasteiger charge is 2.29. The molecule has 5 heteroatoms. The van der Waals surface area contributed by atoms with E-state index in [0.29, 0.717) is 18.2 Å². The summed E-state index contributed by atoms with van der Waals surface area (Å²) in [6.07, 6.45) is 2.32. The number of hydrogen-bond acceptors (Lipinski definition) is 5. The summed E-state index contributed by atoms with van der Waals surface area (Å²) in [5.74, 6) is -0.303. The summed E-state index contributed by atoms with van der Waals surface area (Å²) in [6, 6.07) is 12.7. The highest BCUT2D eigenvalue weighted by Crippen LogP contribution is 2.36. The Hall–Kier alpha value is -2.24. The highest BCUT2D eigenvalue weighted by molar-refractivity contribution is 7.10. The molecule has 1 fully saturated rings. The van der Waals surface area contributed by atoms with Crippen molar-refractivity contribution in [3.05, 3.63) is 63.5 Å². The number of fused-ring (bicyclic) bond motifs is 1. The normalized spacial score (nSPS) is 17.7. The van der Waals surface area contributed by atoms with Gasteiger partial charge in [0.15, 0.2) is 0 Å². The van der Waals surface area contributed by atoms with Crippen LogP contribution in [0.2, 0.25) is 0 Å². The zero-order valence-corrected chi connectivity index (χ0v) is 15.9. The van der Waals surface area contributed by atoms with Crippen molar-refractivity contribution < 1.29 is 9.53 Å². The lowest BCUT2D eigenvalue weighted by Gasteiger charge is -2.24. The summed E-state index contributed by atoms with van der Waals surface area (Å²) in [7, 11) is 1.44. The van der Waals surface area contributed by atoms with Crippen LogP contribution in [0.15, 0.2) is 41.8 Å². The van der Waals surface area contributed by atoms with Gasteiger partial charge in [-0.05, 0) is 49.4 Å². The molecular formula is C21H22N2O2S. The second-order valence-electron chi connectivity index (χ2n) is 6.71. The van der Waals surface area contributed by atoms with Crippen LogP contribution in [-0.4, -0.2) is 29.5 Å². The lowest BCUT2D eigenvalue weighted by molar-refractivity contribution is 0.0596. The molecule has 0 spiro atoms. The molecule has 0 N–H and O–H groups in total. The van der Waals surface area contributed by atoms with Gasteiger partial charge in [0.25, 0.3) is 0 Å². The average Bonchev–Trinajstić information content (AvgIpc) is 3.33. The molecule has 3 aromatic rings. The molecule has 2 aromatic heterocycles. The first-order valence-corrected chi connectivity index (χ1v) is 9.81. The van der Waals surface area contributed by atoms with E-state index in [1.165, 1.54) is 18.4 Å². The van der Waals surface area contributed by atoms with Crippen LogP contribution in [0.25, 0.3) is 10.9 Å². The van der Waals surface area contributed by atoms with Gasteiger partial charge in [-0.25, -0.2) is 4.79 Å². The molecule has 4 rings (SSSR count). The third-order valence-electron chi connectivity index (χ3n) is 5.20. The van der Waals surface area contributed by atoms with E-state index in [9.17, 15) is 4.79 Å². The van der Waals surface area contributed by atoms with E-state index in [2.05, 4.69) is 22.4 Å². The minimum Gasteiger partial charge on any atom is -0.465 e. The molecule has 0 unspecified atom stereocenters. The number of carbonyl (C=O) groups excluding carboxylic acids is 1. The van der Waals surface area contributed by atoms with Crippen LogP contribution < -0.4 is 0 Å². The lowest BCUT2D eigenvalue weighted by atomic mass is 10.0. The molecular weight excluding hydrogens is 344 g/mol. The number of esters is 1. The highest BCUT2D eigenvalue weighted by atomic mass is 32.1. The summed E-state index contributed by atoms with van der Waals surface area (Å²) in [6.45, 7) is 3.68. The van der Waals surface area contributed by atoms with E-state index in [4.69, 9.17) is 9.72 Å². The average molecular weight is 366 g/mol. The predicted octanol–water partition coefficient (Wildman–Crippen LogP) is 4.73. The fraction of sp³-hybridized carbons (Fsp3) is 0.333. The van der Waals surface area contributed by atoms with Gasteiger partial charge in [0, 0.05) is 22.8 Å². The van der Waals surface area contributed by atoms with E-state index in [1.54, 1.807) is 11.3 Å². The molecule has 26 heavy (non-hydrogen) atoms. The van der Waals surface area contributed by atoms with Crippen LogP contribution in [0, 0.1) is 6.92 Å². The Morgan fingerprint density at radius 1 is 1.31 bits per heavy atom. The first-order valence-electron chi connectivity index (χ1n) is 8.93. The van der Waals surface area contributed by atoms with Crippen molar-refractivity contribution in [2.45, 2.75) is 32.4 Å². The lowest BCUT2D eigenvalue weighted by Crippen LogP contribution is -2.25. The third kappa shape index (κ3) is 3.02. The number of ether oxygens (including phenoxy) is 1.